The van der Waals surface area contributed by atoms with Crippen molar-refractivity contribution in [1.82, 2.24) is 4.31 Å². The predicted octanol–water partition coefficient (Wildman–Crippen LogP) is 4.38. The molecule has 1 fully saturated rings. The summed E-state index contributed by atoms with van der Waals surface area (Å²) in [6, 6.07) is 11.2. The van der Waals surface area contributed by atoms with Crippen LogP contribution in [0.15, 0.2) is 53.4 Å². The van der Waals surface area contributed by atoms with Crippen LogP contribution in [0.1, 0.15) is 56.3 Å². The van der Waals surface area contributed by atoms with E-state index in [1.807, 2.05) is 13.8 Å². The number of carbonyl (C=O) groups is 2. The number of hydrogen-bond acceptors (Lipinski definition) is 4. The SMILES string of the molecule is C[C@H]1CCC[C@H](C)N1S(=O)(=O)c1ccc(NC(=O)CCC(=O)c2ccc(F)cc2)cc1. The lowest BCUT2D eigenvalue weighted by molar-refractivity contribution is -0.116. The van der Waals surface area contributed by atoms with Crippen LogP contribution in [0.5, 0.6) is 0 Å². The Bertz CT molecular complexity index is 1030. The first-order valence-electron chi connectivity index (χ1n) is 10.4. The molecule has 166 valence electrons. The van der Waals surface area contributed by atoms with Crippen LogP contribution in [0.4, 0.5) is 10.1 Å². The number of rotatable bonds is 7. The molecular formula is C23H27FN2O4S. The average molecular weight is 447 g/mol. The van der Waals surface area contributed by atoms with Gasteiger partial charge >= 0.3 is 0 Å². The van der Waals surface area contributed by atoms with E-state index in [-0.39, 0.29) is 41.5 Å². The van der Waals surface area contributed by atoms with Crippen molar-refractivity contribution in [2.75, 3.05) is 5.32 Å². The standard InChI is InChI=1S/C23H27FN2O4S/c1-16-4-3-5-17(2)26(16)31(29,30)21-12-10-20(11-13-21)25-23(28)15-14-22(27)18-6-8-19(24)9-7-18/h6-13,16-17H,3-5,14-15H2,1-2H3,(H,25,28)/t16-,17-/m0/s1. The third-order valence-corrected chi connectivity index (χ3v) is 7.71. The lowest BCUT2D eigenvalue weighted by Gasteiger charge is -2.37. The Morgan fingerprint density at radius 3 is 2.13 bits per heavy atom. The molecule has 0 aromatic heterocycles. The van der Waals surface area contributed by atoms with E-state index in [0.717, 1.165) is 19.3 Å². The topological polar surface area (TPSA) is 83.6 Å². The number of anilines is 1. The van der Waals surface area contributed by atoms with Crippen LogP contribution in [0.25, 0.3) is 0 Å². The van der Waals surface area contributed by atoms with Crippen LogP contribution in [0, 0.1) is 5.82 Å². The molecule has 2 aromatic carbocycles. The quantitative estimate of drug-likeness (QED) is 0.640. The van der Waals surface area contributed by atoms with Crippen molar-refractivity contribution in [2.45, 2.75) is 62.9 Å². The molecule has 0 unspecified atom stereocenters. The summed E-state index contributed by atoms with van der Waals surface area (Å²) in [5.41, 5.74) is 0.808. The summed E-state index contributed by atoms with van der Waals surface area (Å²) in [4.78, 5) is 24.5. The van der Waals surface area contributed by atoms with Crippen molar-refractivity contribution in [3.05, 3.63) is 59.9 Å². The first kappa shape index (κ1) is 23.1. The van der Waals surface area contributed by atoms with Crippen molar-refractivity contribution in [3.8, 4) is 0 Å². The molecular weight excluding hydrogens is 419 g/mol. The van der Waals surface area contributed by atoms with Gasteiger partial charge in [0, 0.05) is 36.2 Å². The number of Topliss-reactive ketones (excluding diaryl/α,β-unsaturated/α-hetero) is 1. The number of carbonyl (C=O) groups excluding carboxylic acids is 2. The number of halogens is 1. The van der Waals surface area contributed by atoms with E-state index >= 15 is 0 Å². The summed E-state index contributed by atoms with van der Waals surface area (Å²) in [5, 5.41) is 2.67. The number of nitrogens with zero attached hydrogens (tertiary/aromatic N) is 1. The molecule has 0 saturated carbocycles. The number of ketones is 1. The maximum absolute atomic E-state index is 13.1. The zero-order valence-electron chi connectivity index (χ0n) is 17.7. The molecule has 6 nitrogen and oxygen atoms in total. The largest absolute Gasteiger partial charge is 0.326 e. The highest BCUT2D eigenvalue weighted by Gasteiger charge is 2.35. The number of amides is 1. The Labute approximate surface area is 182 Å². The molecule has 1 amide bonds. The van der Waals surface area contributed by atoms with E-state index < -0.39 is 15.8 Å². The van der Waals surface area contributed by atoms with Gasteiger partial charge in [0.05, 0.1) is 4.90 Å². The average Bonchev–Trinajstić information content (AvgIpc) is 2.72. The smallest absolute Gasteiger partial charge is 0.243 e. The van der Waals surface area contributed by atoms with Crippen LogP contribution < -0.4 is 5.32 Å². The molecule has 0 aliphatic carbocycles. The van der Waals surface area contributed by atoms with Crippen LogP contribution in [-0.4, -0.2) is 36.5 Å². The molecule has 2 atom stereocenters. The van der Waals surface area contributed by atoms with Crippen LogP contribution in [0.2, 0.25) is 0 Å². The molecule has 1 heterocycles. The Morgan fingerprint density at radius 2 is 1.55 bits per heavy atom. The third kappa shape index (κ3) is 5.57. The number of nitrogens with one attached hydrogen (secondary N) is 1. The zero-order valence-corrected chi connectivity index (χ0v) is 18.5. The summed E-state index contributed by atoms with van der Waals surface area (Å²) in [6.07, 6.45) is 2.67. The molecule has 1 aliphatic rings. The highest BCUT2D eigenvalue weighted by molar-refractivity contribution is 7.89. The molecule has 0 radical (unpaired) electrons. The second-order valence-corrected chi connectivity index (χ2v) is 9.81. The maximum atomic E-state index is 13.1. The second kappa shape index (κ2) is 9.70. The van der Waals surface area contributed by atoms with E-state index in [9.17, 15) is 22.4 Å². The van der Waals surface area contributed by atoms with Gasteiger partial charge in [-0.25, -0.2) is 12.8 Å². The molecule has 0 spiro atoms. The fourth-order valence-electron chi connectivity index (χ4n) is 3.93. The molecule has 2 aromatic rings. The zero-order chi connectivity index (χ0) is 22.6. The van der Waals surface area contributed by atoms with Crippen LogP contribution in [-0.2, 0) is 14.8 Å². The van der Waals surface area contributed by atoms with E-state index in [4.69, 9.17) is 0 Å². The predicted molar refractivity (Wildman–Crippen MR) is 117 cm³/mol. The van der Waals surface area contributed by atoms with E-state index in [0.29, 0.717) is 11.3 Å². The minimum Gasteiger partial charge on any atom is -0.326 e. The van der Waals surface area contributed by atoms with Gasteiger partial charge in [-0.05, 0) is 75.2 Å². The van der Waals surface area contributed by atoms with Gasteiger partial charge in [0.25, 0.3) is 0 Å². The van der Waals surface area contributed by atoms with Crippen molar-refractivity contribution >= 4 is 27.4 Å². The molecule has 3 rings (SSSR count). The third-order valence-electron chi connectivity index (χ3n) is 5.57. The molecule has 1 aliphatic heterocycles. The van der Waals surface area contributed by atoms with Gasteiger partial charge in [-0.3, -0.25) is 9.59 Å². The van der Waals surface area contributed by atoms with Crippen molar-refractivity contribution in [2.24, 2.45) is 0 Å². The molecule has 1 saturated heterocycles. The van der Waals surface area contributed by atoms with E-state index in [2.05, 4.69) is 5.32 Å². The Balaban J connectivity index is 1.59. The Morgan fingerprint density at radius 1 is 0.968 bits per heavy atom. The molecule has 8 heteroatoms. The number of hydrogen-bond donors (Lipinski definition) is 1. The van der Waals surface area contributed by atoms with E-state index in [1.165, 1.54) is 36.4 Å². The molecule has 1 N–H and O–H groups in total. The van der Waals surface area contributed by atoms with Crippen molar-refractivity contribution < 1.29 is 22.4 Å². The fourth-order valence-corrected chi connectivity index (χ4v) is 5.82. The first-order valence-corrected chi connectivity index (χ1v) is 11.8. The lowest BCUT2D eigenvalue weighted by atomic mass is 10.0. The summed E-state index contributed by atoms with van der Waals surface area (Å²) < 4.78 is 40.6. The fraction of sp³-hybridized carbons (Fsp3) is 0.391. The summed E-state index contributed by atoms with van der Waals surface area (Å²) in [7, 11) is -3.61. The maximum Gasteiger partial charge on any atom is 0.243 e. The first-order chi connectivity index (χ1) is 14.7. The molecule has 0 bridgehead atoms. The van der Waals surface area contributed by atoms with Gasteiger partial charge in [-0.15, -0.1) is 0 Å². The normalized spacial score (nSPS) is 19.7. The minimum atomic E-state index is -3.61. The highest BCUT2D eigenvalue weighted by Crippen LogP contribution is 2.30. The Kier molecular flexibility index (Phi) is 7.23. The van der Waals surface area contributed by atoms with Crippen LogP contribution in [0.3, 0.4) is 0 Å². The second-order valence-electron chi connectivity index (χ2n) is 7.97. The summed E-state index contributed by atoms with van der Waals surface area (Å²) in [6.45, 7) is 3.85. The van der Waals surface area contributed by atoms with Gasteiger partial charge < -0.3 is 5.32 Å². The number of benzene rings is 2. The van der Waals surface area contributed by atoms with Crippen LogP contribution >= 0.6 is 0 Å². The number of sulfonamides is 1. The van der Waals surface area contributed by atoms with Gasteiger partial charge in [0.1, 0.15) is 5.82 Å². The summed E-state index contributed by atoms with van der Waals surface area (Å²) in [5.74, 6) is -1.03. The van der Waals surface area contributed by atoms with Gasteiger partial charge in [0.2, 0.25) is 15.9 Å². The van der Waals surface area contributed by atoms with Gasteiger partial charge in [0.15, 0.2) is 5.78 Å². The van der Waals surface area contributed by atoms with Crippen molar-refractivity contribution in [3.63, 3.8) is 0 Å². The van der Waals surface area contributed by atoms with E-state index in [1.54, 1.807) is 16.4 Å². The summed E-state index contributed by atoms with van der Waals surface area (Å²) >= 11 is 0. The lowest BCUT2D eigenvalue weighted by Crippen LogP contribution is -2.47. The highest BCUT2D eigenvalue weighted by atomic mass is 32.2. The minimum absolute atomic E-state index is 0.00529. The monoisotopic (exact) mass is 446 g/mol. The Hall–Kier alpha value is -2.58. The van der Waals surface area contributed by atoms with Gasteiger partial charge in [-0.2, -0.15) is 4.31 Å². The van der Waals surface area contributed by atoms with Crippen molar-refractivity contribution in [1.29, 1.82) is 0 Å². The van der Waals surface area contributed by atoms with Gasteiger partial charge in [-0.1, -0.05) is 6.42 Å². The number of piperidine rings is 1. The molecule has 31 heavy (non-hydrogen) atoms.